The summed E-state index contributed by atoms with van der Waals surface area (Å²) in [5, 5.41) is 11.4. The minimum Gasteiger partial charge on any atom is -0.311 e. The second-order valence-corrected chi connectivity index (χ2v) is 4.52. The molecule has 1 aromatic heterocycles. The zero-order chi connectivity index (χ0) is 10.8. The molecule has 1 aliphatic rings. The van der Waals surface area contributed by atoms with E-state index in [-0.39, 0.29) is 12.4 Å². The summed E-state index contributed by atoms with van der Waals surface area (Å²) in [6.07, 6.45) is 1.05. The van der Waals surface area contributed by atoms with E-state index in [1.165, 1.54) is 5.69 Å². The van der Waals surface area contributed by atoms with Crippen LogP contribution in [0.4, 0.5) is 0 Å². The van der Waals surface area contributed by atoms with Gasteiger partial charge in [-0.05, 0) is 19.9 Å². The van der Waals surface area contributed by atoms with Gasteiger partial charge in [0.1, 0.15) is 0 Å². The van der Waals surface area contributed by atoms with E-state index in [1.54, 1.807) is 0 Å². The van der Waals surface area contributed by atoms with Gasteiger partial charge in [-0.3, -0.25) is 4.68 Å². The molecule has 0 saturated carbocycles. The Morgan fingerprint density at radius 2 is 2.19 bits per heavy atom. The maximum atomic E-state index is 4.36. The Balaban J connectivity index is 0.00000128. The quantitative estimate of drug-likeness (QED) is 0.803. The molecule has 5 heteroatoms. The Labute approximate surface area is 103 Å². The molecule has 0 spiro atoms. The zero-order valence-electron chi connectivity index (χ0n) is 10.2. The minimum absolute atomic E-state index is 0. The summed E-state index contributed by atoms with van der Waals surface area (Å²) in [4.78, 5) is 0. The average molecular weight is 245 g/mol. The van der Waals surface area contributed by atoms with Gasteiger partial charge >= 0.3 is 0 Å². The maximum absolute atomic E-state index is 4.36. The lowest BCUT2D eigenvalue weighted by Crippen LogP contribution is -2.54. The fourth-order valence-electron chi connectivity index (χ4n) is 2.08. The molecule has 1 saturated heterocycles. The molecule has 1 fully saturated rings. The summed E-state index contributed by atoms with van der Waals surface area (Å²) in [6.45, 7) is 6.35. The van der Waals surface area contributed by atoms with Gasteiger partial charge in [0.2, 0.25) is 0 Å². The zero-order valence-corrected chi connectivity index (χ0v) is 11.0. The van der Waals surface area contributed by atoms with Crippen molar-refractivity contribution < 1.29 is 0 Å². The molecule has 0 aromatic carbocycles. The third-order valence-electron chi connectivity index (χ3n) is 2.98. The lowest BCUT2D eigenvalue weighted by atomic mass is 10.1. The number of hydrogen-bond donors (Lipinski definition) is 2. The number of piperazine rings is 1. The normalized spacial score (nSPS) is 25.2. The predicted molar refractivity (Wildman–Crippen MR) is 68.2 cm³/mol. The average Bonchev–Trinajstić information content (AvgIpc) is 2.49. The Hall–Kier alpha value is -0.580. The van der Waals surface area contributed by atoms with Crippen LogP contribution in [0.3, 0.4) is 0 Å². The standard InChI is InChI=1S/C11H20N4.ClH/c1-8-4-11(15(3)14-8)5-10-7-12-9(2)6-13-10;/h4,9-10,12-13H,5-7H2,1-3H3;1H/t9-,10+;/m1./s1. The van der Waals surface area contributed by atoms with Gasteiger partial charge in [0.15, 0.2) is 0 Å². The van der Waals surface area contributed by atoms with E-state index in [9.17, 15) is 0 Å². The van der Waals surface area contributed by atoms with Crippen molar-refractivity contribution in [3.63, 3.8) is 0 Å². The van der Waals surface area contributed by atoms with Gasteiger partial charge in [-0.1, -0.05) is 0 Å². The van der Waals surface area contributed by atoms with Gasteiger partial charge in [-0.25, -0.2) is 0 Å². The molecule has 2 heterocycles. The number of halogens is 1. The van der Waals surface area contributed by atoms with Crippen LogP contribution in [0.5, 0.6) is 0 Å². The first-order chi connectivity index (χ1) is 7.15. The number of aryl methyl sites for hydroxylation is 2. The van der Waals surface area contributed by atoms with Crippen LogP contribution in [-0.4, -0.2) is 35.0 Å². The van der Waals surface area contributed by atoms with Crippen LogP contribution in [0.1, 0.15) is 18.3 Å². The molecule has 0 bridgehead atoms. The molecular weight excluding hydrogens is 224 g/mol. The molecule has 1 aliphatic heterocycles. The fraction of sp³-hybridized carbons (Fsp3) is 0.727. The first kappa shape index (κ1) is 13.5. The van der Waals surface area contributed by atoms with Crippen molar-refractivity contribution in [2.24, 2.45) is 7.05 Å². The Morgan fingerprint density at radius 3 is 2.69 bits per heavy atom. The molecule has 2 rings (SSSR count). The van der Waals surface area contributed by atoms with E-state index in [4.69, 9.17) is 0 Å². The van der Waals surface area contributed by atoms with Gasteiger partial charge in [-0.15, -0.1) is 12.4 Å². The molecular formula is C11H21ClN4. The summed E-state index contributed by atoms with van der Waals surface area (Å²) >= 11 is 0. The van der Waals surface area contributed by atoms with Crippen molar-refractivity contribution in [3.8, 4) is 0 Å². The highest BCUT2D eigenvalue weighted by atomic mass is 35.5. The van der Waals surface area contributed by atoms with Crippen molar-refractivity contribution in [2.75, 3.05) is 13.1 Å². The van der Waals surface area contributed by atoms with E-state index < -0.39 is 0 Å². The minimum atomic E-state index is 0. The predicted octanol–water partition coefficient (Wildman–Crippen LogP) is 0.643. The van der Waals surface area contributed by atoms with Crippen LogP contribution in [0.2, 0.25) is 0 Å². The molecule has 2 N–H and O–H groups in total. The van der Waals surface area contributed by atoms with E-state index in [1.807, 2.05) is 18.7 Å². The third-order valence-corrected chi connectivity index (χ3v) is 2.98. The summed E-state index contributed by atoms with van der Waals surface area (Å²) in [5.41, 5.74) is 2.41. The number of aromatic nitrogens is 2. The van der Waals surface area contributed by atoms with Crippen LogP contribution in [0.25, 0.3) is 0 Å². The molecule has 0 unspecified atom stereocenters. The van der Waals surface area contributed by atoms with E-state index in [0.29, 0.717) is 12.1 Å². The molecule has 0 amide bonds. The number of nitrogens with one attached hydrogen (secondary N) is 2. The highest BCUT2D eigenvalue weighted by Crippen LogP contribution is 2.06. The van der Waals surface area contributed by atoms with E-state index in [2.05, 4.69) is 28.7 Å². The van der Waals surface area contributed by atoms with Crippen molar-refractivity contribution in [1.82, 2.24) is 20.4 Å². The van der Waals surface area contributed by atoms with Gasteiger partial charge < -0.3 is 10.6 Å². The topological polar surface area (TPSA) is 41.9 Å². The molecule has 4 nitrogen and oxygen atoms in total. The SMILES string of the molecule is Cc1cc(C[C@H]2CN[C@H](C)CN2)n(C)n1.Cl. The second-order valence-electron chi connectivity index (χ2n) is 4.52. The Bertz CT molecular complexity index is 329. The summed E-state index contributed by atoms with van der Waals surface area (Å²) in [7, 11) is 2.02. The van der Waals surface area contributed by atoms with Crippen LogP contribution in [0.15, 0.2) is 6.07 Å². The highest BCUT2D eigenvalue weighted by Gasteiger charge is 2.18. The van der Waals surface area contributed by atoms with Gasteiger partial charge in [0, 0.05) is 44.3 Å². The van der Waals surface area contributed by atoms with Crippen LogP contribution < -0.4 is 10.6 Å². The summed E-state index contributed by atoms with van der Waals surface area (Å²) in [6, 6.07) is 3.30. The van der Waals surface area contributed by atoms with Crippen molar-refractivity contribution >= 4 is 12.4 Å². The van der Waals surface area contributed by atoms with Crippen LogP contribution in [0, 0.1) is 6.92 Å². The molecule has 0 aliphatic carbocycles. The molecule has 16 heavy (non-hydrogen) atoms. The number of nitrogens with zero attached hydrogens (tertiary/aromatic N) is 2. The first-order valence-corrected chi connectivity index (χ1v) is 5.61. The number of rotatable bonds is 2. The first-order valence-electron chi connectivity index (χ1n) is 5.61. The van der Waals surface area contributed by atoms with Gasteiger partial charge in [0.05, 0.1) is 5.69 Å². The maximum Gasteiger partial charge on any atom is 0.0596 e. The summed E-state index contributed by atoms with van der Waals surface area (Å²) in [5.74, 6) is 0. The Morgan fingerprint density at radius 1 is 1.44 bits per heavy atom. The largest absolute Gasteiger partial charge is 0.311 e. The smallest absolute Gasteiger partial charge is 0.0596 e. The lowest BCUT2D eigenvalue weighted by molar-refractivity contribution is 0.354. The van der Waals surface area contributed by atoms with Crippen LogP contribution in [-0.2, 0) is 13.5 Å². The summed E-state index contributed by atoms with van der Waals surface area (Å²) < 4.78 is 1.98. The van der Waals surface area contributed by atoms with Gasteiger partial charge in [0.25, 0.3) is 0 Å². The van der Waals surface area contributed by atoms with Gasteiger partial charge in [-0.2, -0.15) is 5.10 Å². The Kier molecular flexibility index (Phi) is 4.77. The molecule has 0 radical (unpaired) electrons. The highest BCUT2D eigenvalue weighted by molar-refractivity contribution is 5.85. The van der Waals surface area contributed by atoms with Crippen molar-refractivity contribution in [1.29, 1.82) is 0 Å². The second kappa shape index (κ2) is 5.66. The van der Waals surface area contributed by atoms with Crippen molar-refractivity contribution in [2.45, 2.75) is 32.4 Å². The van der Waals surface area contributed by atoms with E-state index >= 15 is 0 Å². The third kappa shape index (κ3) is 3.20. The fourth-order valence-corrected chi connectivity index (χ4v) is 2.08. The molecule has 2 atom stereocenters. The lowest BCUT2D eigenvalue weighted by Gasteiger charge is -2.29. The van der Waals surface area contributed by atoms with Crippen molar-refractivity contribution in [3.05, 3.63) is 17.5 Å². The number of hydrogen-bond acceptors (Lipinski definition) is 3. The molecule has 1 aromatic rings. The molecule has 92 valence electrons. The van der Waals surface area contributed by atoms with Crippen LogP contribution >= 0.6 is 12.4 Å². The van der Waals surface area contributed by atoms with E-state index in [0.717, 1.165) is 25.2 Å². The monoisotopic (exact) mass is 244 g/mol.